The highest BCUT2D eigenvalue weighted by Gasteiger charge is 2.15. The number of nitrogens with zero attached hydrogens (tertiary/aromatic N) is 1. The van der Waals surface area contributed by atoms with Gasteiger partial charge in [0, 0.05) is 6.08 Å². The van der Waals surface area contributed by atoms with Gasteiger partial charge < -0.3 is 22.6 Å². The minimum Gasteiger partial charge on any atom is -1.00 e. The molecule has 0 heterocycles. The van der Waals surface area contributed by atoms with Crippen molar-refractivity contribution in [2.45, 2.75) is 110 Å². The monoisotopic (exact) mass is 482 g/mol. The smallest absolute Gasteiger partial charge is 0.176 e. The molecule has 0 aromatic heterocycles. The first-order valence-electron chi connectivity index (χ1n) is 13.3. The van der Waals surface area contributed by atoms with E-state index in [2.05, 4.69) is 32.9 Å². The molecule has 0 unspecified atom stereocenters. The summed E-state index contributed by atoms with van der Waals surface area (Å²) in [7, 11) is 2.08. The van der Waals surface area contributed by atoms with Crippen LogP contribution in [0, 0.1) is 0 Å². The second-order valence-electron chi connectivity index (χ2n) is 9.29. The minimum atomic E-state index is 0. The van der Waals surface area contributed by atoms with Crippen molar-refractivity contribution in [1.82, 2.24) is 0 Å². The van der Waals surface area contributed by atoms with E-state index in [-0.39, 0.29) is 12.4 Å². The van der Waals surface area contributed by atoms with Crippen LogP contribution in [0.25, 0.3) is 0 Å². The lowest BCUT2D eigenvalue weighted by atomic mass is 10.0. The van der Waals surface area contributed by atoms with Crippen molar-refractivity contribution in [1.29, 1.82) is 0 Å². The van der Waals surface area contributed by atoms with Gasteiger partial charge in [-0.3, -0.25) is 0 Å². The van der Waals surface area contributed by atoms with Crippen LogP contribution in [0.15, 0.2) is 37.1 Å². The summed E-state index contributed by atoms with van der Waals surface area (Å²) in [5.74, 6) is 1.61. The maximum atomic E-state index is 9.89. The van der Waals surface area contributed by atoms with Gasteiger partial charge in [-0.15, -0.1) is 0 Å². The molecule has 4 heteroatoms. The molecule has 0 rings (SSSR count). The number of hydrogen-bond donors (Lipinski definition) is 1. The average Bonchev–Trinajstić information content (AvgIpc) is 2.77. The number of unbranched alkanes of at least 4 members (excludes halogenated alkanes) is 15. The quantitative estimate of drug-likeness (QED) is 0.0807. The normalized spacial score (nSPS) is 10.2. The van der Waals surface area contributed by atoms with Crippen molar-refractivity contribution in [3.05, 3.63) is 37.1 Å². The van der Waals surface area contributed by atoms with Gasteiger partial charge in [0.1, 0.15) is 6.54 Å². The summed E-state index contributed by atoms with van der Waals surface area (Å²) in [6, 6.07) is 0. The largest absolute Gasteiger partial charge is 1.00 e. The minimum absolute atomic E-state index is 0. The van der Waals surface area contributed by atoms with E-state index in [0.29, 0.717) is 0 Å². The van der Waals surface area contributed by atoms with Crippen molar-refractivity contribution in [3.63, 3.8) is 0 Å². The van der Waals surface area contributed by atoms with Gasteiger partial charge in [-0.1, -0.05) is 116 Å². The van der Waals surface area contributed by atoms with Crippen LogP contribution >= 0.6 is 0 Å². The Balaban J connectivity index is -0.000000566. The zero-order valence-corrected chi connectivity index (χ0v) is 22.9. The SMILES string of the molecule is C=CC[N+](C)(CC=C)CC=C=C=O.CCCCCCCCCCCCCCCCCCN.[Cl-]. The Morgan fingerprint density at radius 3 is 1.36 bits per heavy atom. The summed E-state index contributed by atoms with van der Waals surface area (Å²) >= 11 is 0. The second kappa shape index (κ2) is 30.9. The lowest BCUT2D eigenvalue weighted by Gasteiger charge is -2.30. The molecular weight excluding hydrogens is 428 g/mol. The highest BCUT2D eigenvalue weighted by atomic mass is 35.5. The first kappa shape index (κ1) is 36.5. The summed E-state index contributed by atoms with van der Waals surface area (Å²) in [5, 5.41) is 0. The number of quaternary nitrogens is 1. The van der Waals surface area contributed by atoms with Gasteiger partial charge in [-0.2, -0.15) is 0 Å². The molecule has 0 amide bonds. The number of carbonyl (C=O) groups excluding carboxylic acids is 1. The fourth-order valence-corrected chi connectivity index (χ4v) is 3.85. The van der Waals surface area contributed by atoms with Crippen molar-refractivity contribution in [2.24, 2.45) is 5.73 Å². The Hall–Kier alpha value is -1.08. The van der Waals surface area contributed by atoms with Crippen LogP contribution in [-0.2, 0) is 4.79 Å². The van der Waals surface area contributed by atoms with Crippen molar-refractivity contribution in [3.8, 4) is 0 Å². The van der Waals surface area contributed by atoms with Gasteiger partial charge in [-0.05, 0) is 30.8 Å². The Morgan fingerprint density at radius 2 is 1.06 bits per heavy atom. The lowest BCUT2D eigenvalue weighted by molar-refractivity contribution is -0.892. The molecule has 0 saturated carbocycles. The van der Waals surface area contributed by atoms with Gasteiger partial charge >= 0.3 is 0 Å². The molecule has 0 aromatic rings. The van der Waals surface area contributed by atoms with Crippen molar-refractivity contribution >= 4 is 5.94 Å². The number of rotatable bonds is 22. The summed E-state index contributed by atoms with van der Waals surface area (Å²) < 4.78 is 0.766. The highest BCUT2D eigenvalue weighted by molar-refractivity contribution is 5.43. The molecule has 0 aliphatic carbocycles. The fraction of sp³-hybridized carbons (Fsp3) is 0.759. The third-order valence-corrected chi connectivity index (χ3v) is 5.89. The van der Waals surface area contributed by atoms with Crippen molar-refractivity contribution < 1.29 is 21.7 Å². The van der Waals surface area contributed by atoms with Crippen LogP contribution in [0.1, 0.15) is 110 Å². The van der Waals surface area contributed by atoms with Gasteiger partial charge in [-0.25, -0.2) is 4.79 Å². The van der Waals surface area contributed by atoms with E-state index in [1.165, 1.54) is 103 Å². The van der Waals surface area contributed by atoms with Gasteiger partial charge in [0.15, 0.2) is 5.94 Å². The van der Waals surface area contributed by atoms with Crippen molar-refractivity contribution in [2.75, 3.05) is 33.2 Å². The third kappa shape index (κ3) is 30.9. The van der Waals surface area contributed by atoms with Crippen LogP contribution in [0.3, 0.4) is 0 Å². The average molecular weight is 483 g/mol. The van der Waals surface area contributed by atoms with Crippen LogP contribution in [-0.4, -0.2) is 43.7 Å². The summed E-state index contributed by atoms with van der Waals surface area (Å²) in [6.45, 7) is 13.0. The molecule has 0 atom stereocenters. The molecule has 3 nitrogen and oxygen atoms in total. The highest BCUT2D eigenvalue weighted by Crippen LogP contribution is 2.13. The number of nitrogens with two attached hydrogens (primary N) is 1. The lowest BCUT2D eigenvalue weighted by Crippen LogP contribution is -3.00. The Bertz CT molecular complexity index is 468. The molecule has 0 fully saturated rings. The molecule has 0 radical (unpaired) electrons. The number of hydrogen-bond acceptors (Lipinski definition) is 2. The van der Waals surface area contributed by atoms with E-state index in [1.807, 2.05) is 12.2 Å². The number of halogens is 1. The first-order valence-corrected chi connectivity index (χ1v) is 13.3. The van der Waals surface area contributed by atoms with E-state index < -0.39 is 0 Å². The molecule has 33 heavy (non-hydrogen) atoms. The van der Waals surface area contributed by atoms with Crippen LogP contribution in [0.4, 0.5) is 0 Å². The van der Waals surface area contributed by atoms with E-state index in [0.717, 1.165) is 30.7 Å². The topological polar surface area (TPSA) is 43.1 Å². The molecular formula is C29H55ClN2O. The van der Waals surface area contributed by atoms with Gasteiger partial charge in [0.2, 0.25) is 0 Å². The van der Waals surface area contributed by atoms with Gasteiger partial charge in [0.05, 0.1) is 20.1 Å². The Morgan fingerprint density at radius 1 is 0.697 bits per heavy atom. The maximum absolute atomic E-state index is 9.89. The molecule has 0 aromatic carbocycles. The van der Waals surface area contributed by atoms with E-state index in [4.69, 9.17) is 5.73 Å². The molecule has 0 spiro atoms. The second-order valence-corrected chi connectivity index (χ2v) is 9.29. The predicted octanol–water partition coefficient (Wildman–Crippen LogP) is 4.56. The van der Waals surface area contributed by atoms with Gasteiger partial charge in [0.25, 0.3) is 0 Å². The molecule has 0 bridgehead atoms. The molecule has 2 N–H and O–H groups in total. The molecule has 0 saturated heterocycles. The predicted molar refractivity (Wildman–Crippen MR) is 144 cm³/mol. The van der Waals surface area contributed by atoms with Crippen LogP contribution in [0.5, 0.6) is 0 Å². The van der Waals surface area contributed by atoms with E-state index in [1.54, 1.807) is 12.0 Å². The molecule has 0 aliphatic rings. The summed E-state index contributed by atoms with van der Waals surface area (Å²) in [5.41, 5.74) is 7.89. The zero-order valence-electron chi connectivity index (χ0n) is 22.1. The molecule has 0 aliphatic heterocycles. The van der Waals surface area contributed by atoms with Crippen LogP contribution in [0.2, 0.25) is 0 Å². The zero-order chi connectivity index (χ0) is 24.2. The van der Waals surface area contributed by atoms with E-state index >= 15 is 0 Å². The number of likely N-dealkylation sites (N-methyl/N-ethyl adjacent to an activating group) is 1. The first-order chi connectivity index (χ1) is 15.6. The maximum Gasteiger partial charge on any atom is 0.176 e. The summed E-state index contributed by atoms with van der Waals surface area (Å²) in [6.07, 6.45) is 28.3. The molecule has 194 valence electrons. The standard InChI is InChI=1S/C18H39N.C11H16NO.ClH/c1-2-3-4-5-6-7-8-9-10-11-12-13-14-15-16-17-18-19;1-4-8-12(3,9-5-2)10-6-7-11-13;/h2-19H2,1H3;4-6H,1-2,8-10H2,3H3;1H/q;+1;/p-1. The van der Waals surface area contributed by atoms with E-state index in [9.17, 15) is 4.79 Å². The Labute approximate surface area is 213 Å². The Kier molecular flexibility index (Phi) is 34.2. The third-order valence-electron chi connectivity index (χ3n) is 5.89. The summed E-state index contributed by atoms with van der Waals surface area (Å²) in [4.78, 5) is 9.89. The fourth-order valence-electron chi connectivity index (χ4n) is 3.85. The van der Waals surface area contributed by atoms with Crippen LogP contribution < -0.4 is 18.1 Å².